The maximum absolute atomic E-state index is 12.8. The van der Waals surface area contributed by atoms with E-state index >= 15 is 0 Å². The lowest BCUT2D eigenvalue weighted by Gasteiger charge is -2.16. The Labute approximate surface area is 172 Å². The van der Waals surface area contributed by atoms with Crippen molar-refractivity contribution in [1.29, 1.82) is 0 Å². The number of carbonyl (C=O) groups is 1. The zero-order chi connectivity index (χ0) is 19.8. The Hall–Kier alpha value is -3.51. The Balaban J connectivity index is 1.38. The fourth-order valence-electron chi connectivity index (χ4n) is 3.75. The van der Waals surface area contributed by atoms with Gasteiger partial charge >= 0.3 is 6.03 Å². The van der Waals surface area contributed by atoms with Crippen molar-refractivity contribution in [3.63, 3.8) is 0 Å². The Kier molecular flexibility index (Phi) is 4.33. The van der Waals surface area contributed by atoms with Gasteiger partial charge in [-0.2, -0.15) is 0 Å². The number of hydrogen-bond acceptors (Lipinski definition) is 4. The van der Waals surface area contributed by atoms with E-state index < -0.39 is 0 Å². The Morgan fingerprint density at radius 2 is 1.59 bits per heavy atom. The molecule has 5 nitrogen and oxygen atoms in total. The number of anilines is 1. The highest BCUT2D eigenvalue weighted by atomic mass is 32.1. The van der Waals surface area contributed by atoms with Crippen molar-refractivity contribution in [2.75, 3.05) is 5.32 Å². The van der Waals surface area contributed by atoms with E-state index in [2.05, 4.69) is 45.1 Å². The molecule has 5 rings (SSSR count). The predicted octanol–water partition coefficient (Wildman–Crippen LogP) is 5.41. The van der Waals surface area contributed by atoms with Crippen LogP contribution in [0.1, 0.15) is 22.2 Å². The second-order valence-electron chi connectivity index (χ2n) is 6.91. The summed E-state index contributed by atoms with van der Waals surface area (Å²) >= 11 is 1.53. The number of benzene rings is 3. The van der Waals surface area contributed by atoms with Crippen LogP contribution in [0.2, 0.25) is 0 Å². The van der Waals surface area contributed by atoms with Crippen molar-refractivity contribution in [1.82, 2.24) is 15.5 Å². The number of amides is 2. The molecule has 4 aromatic rings. The van der Waals surface area contributed by atoms with Crippen LogP contribution in [0.25, 0.3) is 21.7 Å². The van der Waals surface area contributed by atoms with E-state index in [4.69, 9.17) is 0 Å². The third kappa shape index (κ3) is 3.28. The third-order valence-electron chi connectivity index (χ3n) is 5.00. The SMILES string of the molecule is Cc1nnc(-c2cccc(NC(=O)NC3c4ccccc4-c4ccccc43)c2)s1. The minimum atomic E-state index is -0.243. The van der Waals surface area contributed by atoms with Gasteiger partial charge < -0.3 is 10.6 Å². The predicted molar refractivity (Wildman–Crippen MR) is 116 cm³/mol. The summed E-state index contributed by atoms with van der Waals surface area (Å²) in [5.74, 6) is 0. The lowest BCUT2D eigenvalue weighted by Crippen LogP contribution is -2.32. The summed E-state index contributed by atoms with van der Waals surface area (Å²) < 4.78 is 0. The normalized spacial score (nSPS) is 12.3. The number of aryl methyl sites for hydroxylation is 1. The second-order valence-corrected chi connectivity index (χ2v) is 8.09. The number of nitrogens with one attached hydrogen (secondary N) is 2. The number of urea groups is 1. The molecule has 6 heteroatoms. The summed E-state index contributed by atoms with van der Waals surface area (Å²) in [5, 5.41) is 16.1. The highest BCUT2D eigenvalue weighted by Gasteiger charge is 2.29. The lowest BCUT2D eigenvalue weighted by atomic mass is 10.1. The molecule has 1 aromatic heterocycles. The summed E-state index contributed by atoms with van der Waals surface area (Å²) in [6.07, 6.45) is 0. The average Bonchev–Trinajstić information content (AvgIpc) is 3.31. The molecule has 0 saturated heterocycles. The highest BCUT2D eigenvalue weighted by molar-refractivity contribution is 7.14. The number of carbonyl (C=O) groups excluding carboxylic acids is 1. The zero-order valence-electron chi connectivity index (χ0n) is 15.7. The van der Waals surface area contributed by atoms with Crippen molar-refractivity contribution < 1.29 is 4.79 Å². The molecule has 0 unspecified atom stereocenters. The summed E-state index contributed by atoms with van der Waals surface area (Å²) in [6.45, 7) is 1.92. The van der Waals surface area contributed by atoms with E-state index in [-0.39, 0.29) is 12.1 Å². The van der Waals surface area contributed by atoms with Crippen LogP contribution in [0.3, 0.4) is 0 Å². The summed E-state index contributed by atoms with van der Waals surface area (Å²) in [5.41, 5.74) is 6.21. The van der Waals surface area contributed by atoms with E-state index in [9.17, 15) is 4.79 Å². The molecular formula is C23H18N4OS. The van der Waals surface area contributed by atoms with Crippen LogP contribution < -0.4 is 10.6 Å². The van der Waals surface area contributed by atoms with Gasteiger partial charge in [-0.3, -0.25) is 0 Å². The molecule has 3 aromatic carbocycles. The van der Waals surface area contributed by atoms with E-state index in [0.717, 1.165) is 26.7 Å². The number of hydrogen-bond donors (Lipinski definition) is 2. The first-order valence-electron chi connectivity index (χ1n) is 9.35. The van der Waals surface area contributed by atoms with Gasteiger partial charge in [0.2, 0.25) is 0 Å². The number of rotatable bonds is 3. The topological polar surface area (TPSA) is 66.9 Å². The first-order valence-corrected chi connectivity index (χ1v) is 10.2. The highest BCUT2D eigenvalue weighted by Crippen LogP contribution is 2.43. The fraction of sp³-hybridized carbons (Fsp3) is 0.0870. The van der Waals surface area contributed by atoms with E-state index in [1.54, 1.807) is 0 Å². The van der Waals surface area contributed by atoms with Crippen LogP contribution in [0.5, 0.6) is 0 Å². The smallest absolute Gasteiger partial charge is 0.319 e. The summed E-state index contributed by atoms with van der Waals surface area (Å²) in [7, 11) is 0. The van der Waals surface area contributed by atoms with Crippen LogP contribution in [-0.4, -0.2) is 16.2 Å². The average molecular weight is 398 g/mol. The van der Waals surface area contributed by atoms with Gasteiger partial charge in [0.1, 0.15) is 10.0 Å². The summed E-state index contributed by atoms with van der Waals surface area (Å²) in [4.78, 5) is 12.8. The Morgan fingerprint density at radius 3 is 2.24 bits per heavy atom. The maximum atomic E-state index is 12.8. The van der Waals surface area contributed by atoms with Crippen LogP contribution >= 0.6 is 11.3 Å². The molecule has 0 aliphatic heterocycles. The molecule has 0 fully saturated rings. The van der Waals surface area contributed by atoms with Crippen molar-refractivity contribution in [2.45, 2.75) is 13.0 Å². The minimum absolute atomic E-state index is 0.170. The van der Waals surface area contributed by atoms with E-state index in [1.165, 1.54) is 22.5 Å². The Morgan fingerprint density at radius 1 is 0.897 bits per heavy atom. The van der Waals surface area contributed by atoms with Gasteiger partial charge in [-0.25, -0.2) is 4.79 Å². The van der Waals surface area contributed by atoms with Gasteiger partial charge in [0.15, 0.2) is 0 Å². The van der Waals surface area contributed by atoms with Gasteiger partial charge in [-0.05, 0) is 41.3 Å². The number of aromatic nitrogens is 2. The van der Waals surface area contributed by atoms with Crippen LogP contribution in [0.4, 0.5) is 10.5 Å². The zero-order valence-corrected chi connectivity index (χ0v) is 16.5. The van der Waals surface area contributed by atoms with Crippen LogP contribution in [0, 0.1) is 6.92 Å². The number of fused-ring (bicyclic) bond motifs is 3. The van der Waals surface area contributed by atoms with Gasteiger partial charge in [0, 0.05) is 11.3 Å². The van der Waals surface area contributed by atoms with Gasteiger partial charge in [0.25, 0.3) is 0 Å². The molecule has 0 saturated carbocycles. The quantitative estimate of drug-likeness (QED) is 0.485. The van der Waals surface area contributed by atoms with Gasteiger partial charge in [-0.15, -0.1) is 10.2 Å². The molecule has 29 heavy (non-hydrogen) atoms. The van der Waals surface area contributed by atoms with Crippen molar-refractivity contribution in [2.24, 2.45) is 0 Å². The van der Waals surface area contributed by atoms with E-state index in [0.29, 0.717) is 5.69 Å². The lowest BCUT2D eigenvalue weighted by molar-refractivity contribution is 0.250. The monoisotopic (exact) mass is 398 g/mol. The van der Waals surface area contributed by atoms with Gasteiger partial charge in [-0.1, -0.05) is 72.0 Å². The molecule has 2 N–H and O–H groups in total. The molecule has 1 aliphatic carbocycles. The van der Waals surface area contributed by atoms with Crippen LogP contribution in [-0.2, 0) is 0 Å². The second kappa shape index (κ2) is 7.14. The molecule has 0 bridgehead atoms. The van der Waals surface area contributed by atoms with Crippen LogP contribution in [0.15, 0.2) is 72.8 Å². The van der Waals surface area contributed by atoms with Crippen molar-refractivity contribution in [3.8, 4) is 21.7 Å². The first-order chi connectivity index (χ1) is 14.2. The standard InChI is InChI=1S/C23H18N4OS/c1-14-26-27-22(29-14)15-7-6-8-16(13-15)24-23(28)25-21-19-11-4-2-9-17(19)18-10-3-5-12-20(18)21/h2-13,21H,1H3,(H2,24,25,28). The van der Waals surface area contributed by atoms with E-state index in [1.807, 2.05) is 55.5 Å². The molecule has 0 atom stereocenters. The molecule has 0 spiro atoms. The third-order valence-corrected chi connectivity index (χ3v) is 5.89. The number of nitrogens with zero attached hydrogens (tertiary/aromatic N) is 2. The van der Waals surface area contributed by atoms with Gasteiger partial charge in [0.05, 0.1) is 6.04 Å². The molecular weight excluding hydrogens is 380 g/mol. The fourth-order valence-corrected chi connectivity index (χ4v) is 4.44. The molecule has 142 valence electrons. The first kappa shape index (κ1) is 17.6. The van der Waals surface area contributed by atoms with Crippen molar-refractivity contribution in [3.05, 3.63) is 88.9 Å². The largest absolute Gasteiger partial charge is 0.327 e. The molecule has 1 aliphatic rings. The molecule has 2 amide bonds. The Bertz CT molecular complexity index is 1170. The minimum Gasteiger partial charge on any atom is -0.327 e. The molecule has 0 radical (unpaired) electrons. The maximum Gasteiger partial charge on any atom is 0.319 e. The van der Waals surface area contributed by atoms with Crippen molar-refractivity contribution >= 4 is 23.1 Å². The molecule has 1 heterocycles. The summed E-state index contributed by atoms with van der Waals surface area (Å²) in [6, 6.07) is 23.6.